The Morgan fingerprint density at radius 2 is 2.36 bits per heavy atom. The Labute approximate surface area is 132 Å². The zero-order valence-electron chi connectivity index (χ0n) is 11.9. The van der Waals surface area contributed by atoms with Gasteiger partial charge in [-0.2, -0.15) is 5.26 Å². The number of amides is 1. The van der Waals surface area contributed by atoms with Crippen LogP contribution < -0.4 is 10.6 Å². The summed E-state index contributed by atoms with van der Waals surface area (Å²) in [7, 11) is 0. The van der Waals surface area contributed by atoms with Crippen molar-refractivity contribution in [1.29, 1.82) is 5.26 Å². The molecule has 2 rings (SSSR count). The van der Waals surface area contributed by atoms with Crippen LogP contribution in [0.25, 0.3) is 0 Å². The summed E-state index contributed by atoms with van der Waals surface area (Å²) in [6.45, 7) is 1.71. The highest BCUT2D eigenvalue weighted by atomic mass is 35.5. The van der Waals surface area contributed by atoms with E-state index in [9.17, 15) is 9.18 Å². The van der Waals surface area contributed by atoms with Crippen LogP contribution in [-0.2, 0) is 0 Å². The van der Waals surface area contributed by atoms with E-state index < -0.39 is 18.0 Å². The first-order valence-corrected chi connectivity index (χ1v) is 7.30. The highest BCUT2D eigenvalue weighted by Gasteiger charge is 2.30. The standard InChI is InChI=1S/C14H16ClFN4O2/c1-7(18-14(21)22)11(4-8-2-3-8)19-13-10(16)5-9(6-17)12(15)20-13/h5,7-8,11,18H,2-4H2,1H3,(H,19,20)(H,21,22)/t7-,11-/m0/s1. The molecule has 1 heterocycles. The number of pyridine rings is 1. The number of carbonyl (C=O) groups is 1. The lowest BCUT2D eigenvalue weighted by Gasteiger charge is -2.26. The molecule has 0 aliphatic heterocycles. The van der Waals surface area contributed by atoms with Crippen LogP contribution in [0.5, 0.6) is 0 Å². The number of anilines is 1. The normalized spacial score (nSPS) is 16.5. The van der Waals surface area contributed by atoms with E-state index in [1.54, 1.807) is 13.0 Å². The second kappa shape index (κ2) is 6.79. The van der Waals surface area contributed by atoms with Crippen molar-refractivity contribution in [3.05, 3.63) is 22.6 Å². The van der Waals surface area contributed by atoms with E-state index in [4.69, 9.17) is 22.0 Å². The fourth-order valence-corrected chi connectivity index (χ4v) is 2.40. The topological polar surface area (TPSA) is 98.0 Å². The lowest BCUT2D eigenvalue weighted by Crippen LogP contribution is -2.45. The summed E-state index contributed by atoms with van der Waals surface area (Å²) in [4.78, 5) is 14.6. The first kappa shape index (κ1) is 16.3. The van der Waals surface area contributed by atoms with E-state index in [1.807, 2.05) is 0 Å². The van der Waals surface area contributed by atoms with E-state index >= 15 is 0 Å². The van der Waals surface area contributed by atoms with Crippen LogP contribution in [0.3, 0.4) is 0 Å². The Morgan fingerprint density at radius 1 is 1.68 bits per heavy atom. The maximum atomic E-state index is 14.0. The number of nitriles is 1. The van der Waals surface area contributed by atoms with Gasteiger partial charge < -0.3 is 15.7 Å². The highest BCUT2D eigenvalue weighted by Crippen LogP contribution is 2.35. The molecule has 1 aromatic heterocycles. The Kier molecular flexibility index (Phi) is 5.03. The molecule has 0 spiro atoms. The molecule has 0 saturated heterocycles. The molecule has 3 N–H and O–H groups in total. The Hall–Kier alpha value is -2.07. The first-order valence-electron chi connectivity index (χ1n) is 6.92. The Morgan fingerprint density at radius 3 is 2.91 bits per heavy atom. The zero-order chi connectivity index (χ0) is 16.3. The predicted octanol–water partition coefficient (Wildman–Crippen LogP) is 2.98. The zero-order valence-corrected chi connectivity index (χ0v) is 12.7. The molecule has 1 fully saturated rings. The van der Waals surface area contributed by atoms with Crippen molar-refractivity contribution in [2.24, 2.45) is 5.92 Å². The molecule has 1 aliphatic rings. The van der Waals surface area contributed by atoms with Crippen molar-refractivity contribution >= 4 is 23.5 Å². The van der Waals surface area contributed by atoms with Crippen molar-refractivity contribution in [3.8, 4) is 6.07 Å². The number of hydrogen-bond acceptors (Lipinski definition) is 4. The molecule has 1 saturated carbocycles. The summed E-state index contributed by atoms with van der Waals surface area (Å²) in [5.74, 6) is -0.259. The molecule has 118 valence electrons. The minimum atomic E-state index is -1.14. The number of hydrogen-bond donors (Lipinski definition) is 3. The van der Waals surface area contributed by atoms with Gasteiger partial charge in [0.1, 0.15) is 11.2 Å². The fourth-order valence-electron chi connectivity index (χ4n) is 2.22. The third kappa shape index (κ3) is 4.21. The van der Waals surface area contributed by atoms with Gasteiger partial charge in [-0.1, -0.05) is 24.4 Å². The molecule has 1 aliphatic carbocycles. The third-order valence-corrected chi connectivity index (χ3v) is 3.90. The molecule has 0 aromatic carbocycles. The largest absolute Gasteiger partial charge is 0.465 e. The summed E-state index contributed by atoms with van der Waals surface area (Å²) < 4.78 is 14.0. The second-order valence-electron chi connectivity index (χ2n) is 5.44. The van der Waals surface area contributed by atoms with Gasteiger partial charge in [-0.3, -0.25) is 0 Å². The molecular formula is C14H16ClFN4O2. The van der Waals surface area contributed by atoms with E-state index in [0.29, 0.717) is 12.3 Å². The maximum absolute atomic E-state index is 14.0. The van der Waals surface area contributed by atoms with Crippen LogP contribution in [0.2, 0.25) is 5.15 Å². The van der Waals surface area contributed by atoms with Crippen molar-refractivity contribution in [2.45, 2.75) is 38.3 Å². The van der Waals surface area contributed by atoms with Crippen LogP contribution in [0, 0.1) is 23.1 Å². The summed E-state index contributed by atoms with van der Waals surface area (Å²) in [6, 6.07) is 2.04. The average molecular weight is 327 g/mol. The minimum absolute atomic E-state index is 0.0415. The van der Waals surface area contributed by atoms with Gasteiger partial charge in [-0.05, 0) is 25.3 Å². The van der Waals surface area contributed by atoms with Crippen LogP contribution >= 0.6 is 11.6 Å². The van der Waals surface area contributed by atoms with E-state index in [-0.39, 0.29) is 22.6 Å². The fraction of sp³-hybridized carbons (Fsp3) is 0.500. The maximum Gasteiger partial charge on any atom is 0.404 e. The van der Waals surface area contributed by atoms with Crippen LogP contribution in [0.1, 0.15) is 31.7 Å². The molecule has 0 unspecified atom stereocenters. The summed E-state index contributed by atoms with van der Waals surface area (Å²) in [5, 5.41) is 22.8. The van der Waals surface area contributed by atoms with Crippen molar-refractivity contribution < 1.29 is 14.3 Å². The van der Waals surface area contributed by atoms with Gasteiger partial charge in [0.05, 0.1) is 5.56 Å². The van der Waals surface area contributed by atoms with E-state index in [1.165, 1.54) is 0 Å². The Bertz CT molecular complexity index is 616. The lowest BCUT2D eigenvalue weighted by atomic mass is 10.0. The highest BCUT2D eigenvalue weighted by molar-refractivity contribution is 6.30. The van der Waals surface area contributed by atoms with Gasteiger partial charge in [-0.15, -0.1) is 0 Å². The monoisotopic (exact) mass is 326 g/mol. The molecule has 8 heteroatoms. The number of halogens is 2. The molecule has 6 nitrogen and oxygen atoms in total. The second-order valence-corrected chi connectivity index (χ2v) is 5.80. The van der Waals surface area contributed by atoms with Crippen LogP contribution in [-0.4, -0.2) is 28.3 Å². The third-order valence-electron chi connectivity index (χ3n) is 3.61. The van der Waals surface area contributed by atoms with Crippen LogP contribution in [0.4, 0.5) is 15.0 Å². The predicted molar refractivity (Wildman–Crippen MR) is 79.3 cm³/mol. The number of rotatable bonds is 6. The number of nitrogens with zero attached hydrogens (tertiary/aromatic N) is 2. The molecule has 1 aromatic rings. The first-order chi connectivity index (χ1) is 10.4. The summed E-state index contributed by atoms with van der Waals surface area (Å²) in [5.41, 5.74) is -0.0415. The molecule has 2 atom stereocenters. The lowest BCUT2D eigenvalue weighted by molar-refractivity contribution is 0.189. The van der Waals surface area contributed by atoms with Crippen molar-refractivity contribution in [1.82, 2.24) is 10.3 Å². The van der Waals surface area contributed by atoms with E-state index in [2.05, 4.69) is 15.6 Å². The molecular weight excluding hydrogens is 311 g/mol. The quantitative estimate of drug-likeness (QED) is 0.698. The minimum Gasteiger partial charge on any atom is -0.465 e. The van der Waals surface area contributed by atoms with Gasteiger partial charge in [0.15, 0.2) is 11.6 Å². The number of aromatic nitrogens is 1. The van der Waals surface area contributed by atoms with Crippen molar-refractivity contribution in [2.75, 3.05) is 5.32 Å². The van der Waals surface area contributed by atoms with Crippen LogP contribution in [0.15, 0.2) is 6.07 Å². The smallest absolute Gasteiger partial charge is 0.404 e. The van der Waals surface area contributed by atoms with Gasteiger partial charge >= 0.3 is 6.09 Å². The summed E-state index contributed by atoms with van der Waals surface area (Å²) >= 11 is 5.82. The average Bonchev–Trinajstić information content (AvgIpc) is 3.24. The van der Waals surface area contributed by atoms with Gasteiger partial charge in [0.2, 0.25) is 0 Å². The van der Waals surface area contributed by atoms with Gasteiger partial charge in [-0.25, -0.2) is 14.2 Å². The van der Waals surface area contributed by atoms with Gasteiger partial charge in [0, 0.05) is 12.1 Å². The SMILES string of the molecule is C[C@H](NC(=O)O)[C@H](CC1CC1)Nc1nc(Cl)c(C#N)cc1F. The van der Waals surface area contributed by atoms with Gasteiger partial charge in [0.25, 0.3) is 0 Å². The molecule has 1 amide bonds. The molecule has 0 radical (unpaired) electrons. The van der Waals surface area contributed by atoms with E-state index in [0.717, 1.165) is 18.9 Å². The number of carboxylic acid groups (broad SMARTS) is 1. The number of nitrogens with one attached hydrogen (secondary N) is 2. The Balaban J connectivity index is 2.17. The summed E-state index contributed by atoms with van der Waals surface area (Å²) in [6.07, 6.45) is 1.74. The molecule has 0 bridgehead atoms. The molecule has 22 heavy (non-hydrogen) atoms. The van der Waals surface area contributed by atoms with Crippen molar-refractivity contribution in [3.63, 3.8) is 0 Å².